The summed E-state index contributed by atoms with van der Waals surface area (Å²) in [4.78, 5) is 21.9. The molecular weight excluding hydrogens is 230 g/mol. The van der Waals surface area contributed by atoms with Crippen molar-refractivity contribution in [1.29, 1.82) is 0 Å². The van der Waals surface area contributed by atoms with Crippen LogP contribution in [0, 0.1) is 6.92 Å². The van der Waals surface area contributed by atoms with Crippen molar-refractivity contribution in [2.45, 2.75) is 33.1 Å². The summed E-state index contributed by atoms with van der Waals surface area (Å²) in [5.41, 5.74) is 0.939. The molecule has 5 heteroatoms. The topological polar surface area (TPSA) is 55.3 Å². The summed E-state index contributed by atoms with van der Waals surface area (Å²) in [5, 5.41) is 0. The van der Waals surface area contributed by atoms with E-state index in [4.69, 9.17) is 0 Å². The standard InChI is InChI=1S/C13H21N3O2/c1-9(2)13-14-10(3)8-11(15-13)16(4)7-6-12(17)18-5/h8-9H,6-7H2,1-5H3. The molecule has 1 aromatic heterocycles. The fourth-order valence-corrected chi connectivity index (χ4v) is 1.50. The zero-order chi connectivity index (χ0) is 13.7. The molecule has 0 radical (unpaired) electrons. The normalized spacial score (nSPS) is 10.6. The summed E-state index contributed by atoms with van der Waals surface area (Å²) in [6.45, 7) is 6.66. The van der Waals surface area contributed by atoms with Crippen LogP contribution in [0.25, 0.3) is 0 Å². The Hall–Kier alpha value is -1.65. The summed E-state index contributed by atoms with van der Waals surface area (Å²) < 4.78 is 4.62. The van der Waals surface area contributed by atoms with Crippen molar-refractivity contribution >= 4 is 11.8 Å². The first-order valence-corrected chi connectivity index (χ1v) is 6.07. The smallest absolute Gasteiger partial charge is 0.307 e. The molecule has 1 heterocycles. The largest absolute Gasteiger partial charge is 0.469 e. The first-order chi connectivity index (χ1) is 8.43. The number of nitrogens with zero attached hydrogens (tertiary/aromatic N) is 3. The summed E-state index contributed by atoms with van der Waals surface area (Å²) in [6.07, 6.45) is 0.354. The van der Waals surface area contributed by atoms with Crippen molar-refractivity contribution in [3.63, 3.8) is 0 Å². The van der Waals surface area contributed by atoms with Crippen LogP contribution >= 0.6 is 0 Å². The summed E-state index contributed by atoms with van der Waals surface area (Å²) in [6, 6.07) is 1.92. The van der Waals surface area contributed by atoms with Gasteiger partial charge in [0.05, 0.1) is 13.5 Å². The Morgan fingerprint density at radius 3 is 2.67 bits per heavy atom. The third-order valence-corrected chi connectivity index (χ3v) is 2.64. The van der Waals surface area contributed by atoms with Gasteiger partial charge in [0.15, 0.2) is 0 Å². The molecule has 5 nitrogen and oxygen atoms in total. The molecule has 0 N–H and O–H groups in total. The number of rotatable bonds is 5. The number of methoxy groups -OCH3 is 1. The Kier molecular flexibility index (Phi) is 5.07. The maximum absolute atomic E-state index is 11.1. The number of anilines is 1. The predicted octanol–water partition coefficient (Wildman–Crippen LogP) is 1.91. The lowest BCUT2D eigenvalue weighted by Gasteiger charge is -2.19. The van der Waals surface area contributed by atoms with Gasteiger partial charge in [-0.1, -0.05) is 13.8 Å². The second-order valence-corrected chi connectivity index (χ2v) is 4.63. The van der Waals surface area contributed by atoms with Gasteiger partial charge in [-0.2, -0.15) is 0 Å². The van der Waals surface area contributed by atoms with E-state index >= 15 is 0 Å². The van der Waals surface area contributed by atoms with Gasteiger partial charge < -0.3 is 9.64 Å². The van der Waals surface area contributed by atoms with Crippen molar-refractivity contribution in [3.05, 3.63) is 17.6 Å². The minimum Gasteiger partial charge on any atom is -0.469 e. The number of hydrogen-bond acceptors (Lipinski definition) is 5. The van der Waals surface area contributed by atoms with Crippen LogP contribution in [0.2, 0.25) is 0 Å². The molecule has 0 aliphatic rings. The highest BCUT2D eigenvalue weighted by molar-refractivity contribution is 5.69. The molecule has 0 fully saturated rings. The fourth-order valence-electron chi connectivity index (χ4n) is 1.50. The lowest BCUT2D eigenvalue weighted by atomic mass is 10.2. The highest BCUT2D eigenvalue weighted by Gasteiger charge is 2.10. The molecule has 0 saturated heterocycles. The van der Waals surface area contributed by atoms with Crippen molar-refractivity contribution in [3.8, 4) is 0 Å². The highest BCUT2D eigenvalue weighted by atomic mass is 16.5. The van der Waals surface area contributed by atoms with Crippen LogP contribution in [0.1, 0.15) is 37.7 Å². The fraction of sp³-hybridized carbons (Fsp3) is 0.615. The van der Waals surface area contributed by atoms with Crippen LogP contribution in [0.15, 0.2) is 6.07 Å². The number of carbonyl (C=O) groups is 1. The SMILES string of the molecule is COC(=O)CCN(C)c1cc(C)nc(C(C)C)n1. The molecule has 0 spiro atoms. The number of ether oxygens (including phenoxy) is 1. The molecule has 0 amide bonds. The van der Waals surface area contributed by atoms with E-state index in [2.05, 4.69) is 28.6 Å². The third kappa shape index (κ3) is 3.98. The van der Waals surface area contributed by atoms with Crippen molar-refractivity contribution in [1.82, 2.24) is 9.97 Å². The van der Waals surface area contributed by atoms with E-state index < -0.39 is 0 Å². The quantitative estimate of drug-likeness (QED) is 0.748. The van der Waals surface area contributed by atoms with Crippen LogP contribution in [-0.4, -0.2) is 36.6 Å². The molecule has 0 unspecified atom stereocenters. The van der Waals surface area contributed by atoms with E-state index in [1.807, 2.05) is 24.9 Å². The Bertz CT molecular complexity index is 419. The van der Waals surface area contributed by atoms with Gasteiger partial charge in [0.25, 0.3) is 0 Å². The average molecular weight is 251 g/mol. The molecule has 0 atom stereocenters. The molecule has 100 valence electrons. The maximum atomic E-state index is 11.1. The second-order valence-electron chi connectivity index (χ2n) is 4.63. The lowest BCUT2D eigenvalue weighted by molar-refractivity contribution is -0.140. The average Bonchev–Trinajstić information content (AvgIpc) is 2.34. The molecule has 0 saturated carbocycles. The molecule has 0 aliphatic carbocycles. The van der Waals surface area contributed by atoms with Gasteiger partial charge >= 0.3 is 5.97 Å². The van der Waals surface area contributed by atoms with Crippen LogP contribution < -0.4 is 4.90 Å². The summed E-state index contributed by atoms with van der Waals surface area (Å²) in [5.74, 6) is 1.75. The van der Waals surface area contributed by atoms with Crippen molar-refractivity contribution < 1.29 is 9.53 Å². The molecule has 1 aromatic rings. The van der Waals surface area contributed by atoms with Crippen LogP contribution in [0.4, 0.5) is 5.82 Å². The first-order valence-electron chi connectivity index (χ1n) is 6.07. The van der Waals surface area contributed by atoms with Crippen LogP contribution in [-0.2, 0) is 9.53 Å². The van der Waals surface area contributed by atoms with Crippen molar-refractivity contribution in [2.75, 3.05) is 25.6 Å². The Morgan fingerprint density at radius 1 is 1.44 bits per heavy atom. The van der Waals surface area contributed by atoms with Gasteiger partial charge in [-0.05, 0) is 6.92 Å². The van der Waals surface area contributed by atoms with E-state index in [0.717, 1.165) is 17.3 Å². The first kappa shape index (κ1) is 14.4. The van der Waals surface area contributed by atoms with E-state index in [-0.39, 0.29) is 11.9 Å². The number of aryl methyl sites for hydroxylation is 1. The van der Waals surface area contributed by atoms with Gasteiger partial charge in [-0.3, -0.25) is 4.79 Å². The molecule has 18 heavy (non-hydrogen) atoms. The monoisotopic (exact) mass is 251 g/mol. The lowest BCUT2D eigenvalue weighted by Crippen LogP contribution is -2.23. The van der Waals surface area contributed by atoms with E-state index in [1.54, 1.807) is 0 Å². The Morgan fingerprint density at radius 2 is 2.11 bits per heavy atom. The highest BCUT2D eigenvalue weighted by Crippen LogP contribution is 2.16. The predicted molar refractivity (Wildman–Crippen MR) is 70.8 cm³/mol. The second kappa shape index (κ2) is 6.33. The summed E-state index contributed by atoms with van der Waals surface area (Å²) >= 11 is 0. The maximum Gasteiger partial charge on any atom is 0.307 e. The van der Waals surface area contributed by atoms with Crippen LogP contribution in [0.5, 0.6) is 0 Å². The van der Waals surface area contributed by atoms with E-state index in [9.17, 15) is 4.79 Å². The van der Waals surface area contributed by atoms with Gasteiger partial charge in [0.2, 0.25) is 0 Å². The van der Waals surface area contributed by atoms with Gasteiger partial charge in [-0.15, -0.1) is 0 Å². The number of aromatic nitrogens is 2. The Balaban J connectivity index is 2.78. The molecule has 0 aliphatic heterocycles. The Labute approximate surface area is 108 Å². The van der Waals surface area contributed by atoms with Gasteiger partial charge in [-0.25, -0.2) is 9.97 Å². The third-order valence-electron chi connectivity index (χ3n) is 2.64. The molecular formula is C13H21N3O2. The van der Waals surface area contributed by atoms with E-state index in [1.165, 1.54) is 7.11 Å². The minimum atomic E-state index is -0.211. The van der Waals surface area contributed by atoms with Gasteiger partial charge in [0.1, 0.15) is 11.6 Å². The zero-order valence-corrected chi connectivity index (χ0v) is 11.7. The molecule has 1 rings (SSSR count). The molecule has 0 bridgehead atoms. The van der Waals surface area contributed by atoms with E-state index in [0.29, 0.717) is 13.0 Å². The van der Waals surface area contributed by atoms with Crippen LogP contribution in [0.3, 0.4) is 0 Å². The number of carbonyl (C=O) groups excluding carboxylic acids is 1. The van der Waals surface area contributed by atoms with Crippen molar-refractivity contribution in [2.24, 2.45) is 0 Å². The summed E-state index contributed by atoms with van der Waals surface area (Å²) in [7, 11) is 3.31. The number of hydrogen-bond donors (Lipinski definition) is 0. The number of esters is 1. The minimum absolute atomic E-state index is 0.211. The molecule has 0 aromatic carbocycles. The van der Waals surface area contributed by atoms with Gasteiger partial charge in [0, 0.05) is 31.3 Å². The zero-order valence-electron chi connectivity index (χ0n) is 11.7.